The van der Waals surface area contributed by atoms with Crippen LogP contribution in [0.1, 0.15) is 68.6 Å². The van der Waals surface area contributed by atoms with Crippen LogP contribution in [-0.4, -0.2) is 42.0 Å². The lowest BCUT2D eigenvalue weighted by Crippen LogP contribution is -2.51. The fourth-order valence-electron chi connectivity index (χ4n) is 5.07. The van der Waals surface area contributed by atoms with Crippen molar-refractivity contribution in [3.05, 3.63) is 59.2 Å². The van der Waals surface area contributed by atoms with Gasteiger partial charge < -0.3 is 19.7 Å². The highest BCUT2D eigenvalue weighted by molar-refractivity contribution is 5.88. The van der Waals surface area contributed by atoms with E-state index in [4.69, 9.17) is 9.47 Å². The first-order valence-electron chi connectivity index (χ1n) is 13.1. The van der Waals surface area contributed by atoms with Gasteiger partial charge in [-0.05, 0) is 61.4 Å². The Bertz CT molecular complexity index is 1020. The summed E-state index contributed by atoms with van der Waals surface area (Å²) in [6.45, 7) is 5.57. The summed E-state index contributed by atoms with van der Waals surface area (Å²) in [5, 5.41) is 3.25. The lowest BCUT2D eigenvalue weighted by atomic mass is 9.95. The molecule has 2 aromatic rings. The van der Waals surface area contributed by atoms with E-state index in [-0.39, 0.29) is 17.9 Å². The lowest BCUT2D eigenvalue weighted by molar-refractivity contribution is -0.141. The molecule has 4 rings (SSSR count). The van der Waals surface area contributed by atoms with Gasteiger partial charge in [0.05, 0.1) is 0 Å². The standard InChI is InChI=1S/C29H38N2O4/c1-3-25(29(33)30-24-11-5-4-6-12-24)31(20-23-10-8-7-9-21(23)2)28(32)16-14-22-13-15-26-27(19-22)35-18-17-34-26/h7-10,13,15,19,24-25H,3-6,11-12,14,16-18,20H2,1-2H3,(H,30,33)/t25-/m0/s1. The smallest absolute Gasteiger partial charge is 0.243 e. The van der Waals surface area contributed by atoms with Crippen LogP contribution < -0.4 is 14.8 Å². The molecule has 0 bridgehead atoms. The summed E-state index contributed by atoms with van der Waals surface area (Å²) < 4.78 is 11.3. The van der Waals surface area contributed by atoms with Crippen molar-refractivity contribution in [2.24, 2.45) is 0 Å². The SMILES string of the molecule is CC[C@@H](C(=O)NC1CCCCC1)N(Cc1ccccc1C)C(=O)CCc1ccc2c(c1)OCCO2. The quantitative estimate of drug-likeness (QED) is 0.553. The number of carbonyl (C=O) groups excluding carboxylic acids is 2. The van der Waals surface area contributed by atoms with Crippen LogP contribution in [0.5, 0.6) is 11.5 Å². The van der Waals surface area contributed by atoms with Gasteiger partial charge in [-0.1, -0.05) is 56.5 Å². The zero-order chi connectivity index (χ0) is 24.6. The molecule has 188 valence electrons. The van der Waals surface area contributed by atoms with Crippen molar-refractivity contribution in [2.45, 2.75) is 83.8 Å². The monoisotopic (exact) mass is 478 g/mol. The molecule has 1 atom stereocenters. The lowest BCUT2D eigenvalue weighted by Gasteiger charge is -2.33. The van der Waals surface area contributed by atoms with E-state index >= 15 is 0 Å². The molecular formula is C29H38N2O4. The fraction of sp³-hybridized carbons (Fsp3) is 0.517. The van der Waals surface area contributed by atoms with E-state index in [1.54, 1.807) is 4.90 Å². The third-order valence-electron chi connectivity index (χ3n) is 7.17. The van der Waals surface area contributed by atoms with Gasteiger partial charge in [0, 0.05) is 19.0 Å². The van der Waals surface area contributed by atoms with Crippen molar-refractivity contribution in [2.75, 3.05) is 13.2 Å². The van der Waals surface area contributed by atoms with E-state index in [9.17, 15) is 9.59 Å². The zero-order valence-electron chi connectivity index (χ0n) is 21.1. The Hall–Kier alpha value is -3.02. The largest absolute Gasteiger partial charge is 0.486 e. The molecule has 0 radical (unpaired) electrons. The van der Waals surface area contributed by atoms with E-state index in [0.29, 0.717) is 39.0 Å². The van der Waals surface area contributed by atoms with Crippen LogP contribution in [0.3, 0.4) is 0 Å². The van der Waals surface area contributed by atoms with Crippen LogP contribution in [0.4, 0.5) is 0 Å². The number of ether oxygens (including phenoxy) is 2. The fourth-order valence-corrected chi connectivity index (χ4v) is 5.07. The summed E-state index contributed by atoms with van der Waals surface area (Å²) >= 11 is 0. The molecule has 0 spiro atoms. The van der Waals surface area contributed by atoms with Gasteiger partial charge in [0.2, 0.25) is 11.8 Å². The zero-order valence-corrected chi connectivity index (χ0v) is 21.1. The van der Waals surface area contributed by atoms with Crippen LogP contribution in [-0.2, 0) is 22.6 Å². The van der Waals surface area contributed by atoms with Gasteiger partial charge >= 0.3 is 0 Å². The normalized spacial score (nSPS) is 16.4. The predicted molar refractivity (Wildman–Crippen MR) is 137 cm³/mol. The Morgan fingerprint density at radius 1 is 1.03 bits per heavy atom. The molecule has 6 heteroatoms. The van der Waals surface area contributed by atoms with Gasteiger partial charge in [-0.3, -0.25) is 9.59 Å². The molecule has 1 fully saturated rings. The van der Waals surface area contributed by atoms with Gasteiger partial charge in [0.1, 0.15) is 19.3 Å². The number of carbonyl (C=O) groups is 2. The summed E-state index contributed by atoms with van der Waals surface area (Å²) in [5.74, 6) is 1.45. The van der Waals surface area contributed by atoms with Gasteiger partial charge in [-0.25, -0.2) is 0 Å². The number of hydrogen-bond acceptors (Lipinski definition) is 4. The van der Waals surface area contributed by atoms with Gasteiger partial charge in [0.15, 0.2) is 11.5 Å². The second kappa shape index (κ2) is 12.1. The summed E-state index contributed by atoms with van der Waals surface area (Å²) in [6.07, 6.45) is 7.10. The minimum atomic E-state index is -0.482. The van der Waals surface area contributed by atoms with Crippen molar-refractivity contribution in [1.82, 2.24) is 10.2 Å². The number of nitrogens with zero attached hydrogens (tertiary/aromatic N) is 1. The molecule has 2 aliphatic rings. The first-order chi connectivity index (χ1) is 17.0. The van der Waals surface area contributed by atoms with Crippen molar-refractivity contribution < 1.29 is 19.1 Å². The number of amides is 2. The molecule has 35 heavy (non-hydrogen) atoms. The second-order valence-electron chi connectivity index (χ2n) is 9.69. The highest BCUT2D eigenvalue weighted by Gasteiger charge is 2.30. The van der Waals surface area contributed by atoms with E-state index in [1.807, 2.05) is 43.3 Å². The van der Waals surface area contributed by atoms with Gasteiger partial charge in [-0.15, -0.1) is 0 Å². The molecule has 1 heterocycles. The summed E-state index contributed by atoms with van der Waals surface area (Å²) in [7, 11) is 0. The topological polar surface area (TPSA) is 67.9 Å². The van der Waals surface area contributed by atoms with Crippen LogP contribution in [0, 0.1) is 6.92 Å². The Morgan fingerprint density at radius 2 is 1.77 bits per heavy atom. The first kappa shape index (κ1) is 25.1. The molecule has 1 aliphatic carbocycles. The number of fused-ring (bicyclic) bond motifs is 1. The highest BCUT2D eigenvalue weighted by atomic mass is 16.6. The molecular weight excluding hydrogens is 440 g/mol. The third kappa shape index (κ3) is 6.56. The van der Waals surface area contributed by atoms with Crippen LogP contribution in [0.25, 0.3) is 0 Å². The Morgan fingerprint density at radius 3 is 2.51 bits per heavy atom. The van der Waals surface area contributed by atoms with E-state index in [2.05, 4.69) is 18.3 Å². The highest BCUT2D eigenvalue weighted by Crippen LogP contribution is 2.31. The van der Waals surface area contributed by atoms with Crippen LogP contribution >= 0.6 is 0 Å². The number of nitrogens with one attached hydrogen (secondary N) is 1. The van der Waals surface area contributed by atoms with Crippen LogP contribution in [0.15, 0.2) is 42.5 Å². The maximum Gasteiger partial charge on any atom is 0.243 e. The molecule has 0 unspecified atom stereocenters. The molecule has 0 saturated heterocycles. The second-order valence-corrected chi connectivity index (χ2v) is 9.69. The number of aryl methyl sites for hydroxylation is 2. The minimum absolute atomic E-state index is 0.00575. The number of hydrogen-bond donors (Lipinski definition) is 1. The maximum atomic E-state index is 13.6. The minimum Gasteiger partial charge on any atom is -0.486 e. The Labute approximate surface area is 209 Å². The number of rotatable bonds is 9. The summed E-state index contributed by atoms with van der Waals surface area (Å²) in [4.78, 5) is 28.8. The first-order valence-corrected chi connectivity index (χ1v) is 13.1. The Balaban J connectivity index is 1.49. The van der Waals surface area contributed by atoms with Crippen molar-refractivity contribution in [1.29, 1.82) is 0 Å². The predicted octanol–water partition coefficient (Wildman–Crippen LogP) is 4.96. The molecule has 2 amide bonds. The van der Waals surface area contributed by atoms with Crippen LogP contribution in [0.2, 0.25) is 0 Å². The Kier molecular flexibility index (Phi) is 8.67. The van der Waals surface area contributed by atoms with Crippen molar-refractivity contribution in [3.8, 4) is 11.5 Å². The number of benzene rings is 2. The van der Waals surface area contributed by atoms with E-state index in [1.165, 1.54) is 6.42 Å². The van der Waals surface area contributed by atoms with Crippen molar-refractivity contribution in [3.63, 3.8) is 0 Å². The van der Waals surface area contributed by atoms with Gasteiger partial charge in [-0.2, -0.15) is 0 Å². The summed E-state index contributed by atoms with van der Waals surface area (Å²) in [5.41, 5.74) is 3.22. The van der Waals surface area contributed by atoms with Gasteiger partial charge in [0.25, 0.3) is 0 Å². The summed E-state index contributed by atoms with van der Waals surface area (Å²) in [6, 6.07) is 13.7. The average molecular weight is 479 g/mol. The van der Waals surface area contributed by atoms with E-state index < -0.39 is 6.04 Å². The third-order valence-corrected chi connectivity index (χ3v) is 7.17. The molecule has 0 aromatic heterocycles. The molecule has 1 N–H and O–H groups in total. The molecule has 1 aliphatic heterocycles. The molecule has 1 saturated carbocycles. The maximum absolute atomic E-state index is 13.6. The van der Waals surface area contributed by atoms with E-state index in [0.717, 1.165) is 53.9 Å². The molecule has 6 nitrogen and oxygen atoms in total. The van der Waals surface area contributed by atoms with Crippen molar-refractivity contribution >= 4 is 11.8 Å². The molecule has 2 aromatic carbocycles. The average Bonchev–Trinajstić information content (AvgIpc) is 2.88.